The van der Waals surface area contributed by atoms with Crippen LogP contribution in [0.1, 0.15) is 24.8 Å². The molecule has 2 aliphatic heterocycles. The second kappa shape index (κ2) is 7.80. The van der Waals surface area contributed by atoms with Crippen LogP contribution in [0.15, 0.2) is 43.0 Å². The Hall–Kier alpha value is -0.980. The average molecular weight is 435 g/mol. The Morgan fingerprint density at radius 2 is 2.11 bits per heavy atom. The third kappa shape index (κ3) is 4.22. The van der Waals surface area contributed by atoms with Gasteiger partial charge < -0.3 is 19.5 Å². The van der Waals surface area contributed by atoms with Crippen LogP contribution < -0.4 is 0 Å². The Morgan fingerprint density at radius 1 is 1.41 bits per heavy atom. The van der Waals surface area contributed by atoms with Crippen molar-refractivity contribution < 1.29 is 19.4 Å². The zero-order valence-corrected chi connectivity index (χ0v) is 17.0. The largest absolute Gasteiger partial charge is 0.445 e. The van der Waals surface area contributed by atoms with Gasteiger partial charge in [0.1, 0.15) is 12.2 Å². The van der Waals surface area contributed by atoms with Crippen LogP contribution in [0.5, 0.6) is 0 Å². The molecule has 1 aromatic carbocycles. The van der Waals surface area contributed by atoms with Crippen LogP contribution in [-0.2, 0) is 16.1 Å². The van der Waals surface area contributed by atoms with E-state index in [1.807, 2.05) is 30.3 Å². The fourth-order valence-corrected chi connectivity index (χ4v) is 4.34. The van der Waals surface area contributed by atoms with E-state index in [4.69, 9.17) is 44.3 Å². The van der Waals surface area contributed by atoms with Crippen molar-refractivity contribution in [2.24, 2.45) is 0 Å². The van der Waals surface area contributed by atoms with Gasteiger partial charge in [0.15, 0.2) is 0 Å². The Labute approximate surface area is 173 Å². The van der Waals surface area contributed by atoms with Crippen molar-refractivity contribution in [2.45, 2.75) is 47.0 Å². The van der Waals surface area contributed by atoms with Crippen molar-refractivity contribution in [1.82, 2.24) is 4.90 Å². The number of benzene rings is 1. The van der Waals surface area contributed by atoms with E-state index >= 15 is 0 Å². The second-order valence-electron chi connectivity index (χ2n) is 7.12. The maximum Gasteiger partial charge on any atom is 0.410 e. The molecule has 0 aliphatic carbocycles. The van der Waals surface area contributed by atoms with Gasteiger partial charge in [-0.3, -0.25) is 0 Å². The van der Waals surface area contributed by atoms with Crippen LogP contribution in [0, 0.1) is 0 Å². The van der Waals surface area contributed by atoms with Crippen LogP contribution in [0.25, 0.3) is 0 Å². The summed E-state index contributed by atoms with van der Waals surface area (Å²) in [5.74, 6) is 0. The lowest BCUT2D eigenvalue weighted by molar-refractivity contribution is -0.0690. The number of aliphatic hydroxyl groups is 1. The topological polar surface area (TPSA) is 59.0 Å². The zero-order valence-electron chi connectivity index (χ0n) is 14.7. The number of nitrogens with zero attached hydrogens (tertiary/aromatic N) is 1. The number of carbonyl (C=O) groups is 1. The predicted octanol–water partition coefficient (Wildman–Crippen LogP) is 4.23. The highest BCUT2D eigenvalue weighted by atomic mass is 35.6. The molecule has 0 saturated carbocycles. The van der Waals surface area contributed by atoms with Gasteiger partial charge in [0.05, 0.1) is 18.2 Å². The first-order chi connectivity index (χ1) is 12.7. The Kier molecular flexibility index (Phi) is 5.99. The number of hydrogen-bond acceptors (Lipinski definition) is 4. The lowest BCUT2D eigenvalue weighted by Gasteiger charge is -2.34. The number of likely N-dealkylation sites (tertiary alicyclic amines) is 1. The number of halogens is 3. The molecule has 8 heteroatoms. The molecule has 3 rings (SSSR count). The van der Waals surface area contributed by atoms with Gasteiger partial charge in [0.25, 0.3) is 0 Å². The standard InChI is InChI=1S/C19H22Cl3NO4/c1-2-6-15-18(25,19(20,21)22)12-17(27-15)9-10-23(13-17)16(24)26-11-14-7-4-3-5-8-14/h2-5,7-8,15,25H,1,6,9-13H2. The predicted molar refractivity (Wildman–Crippen MR) is 105 cm³/mol. The Balaban J connectivity index is 1.65. The van der Waals surface area contributed by atoms with Crippen molar-refractivity contribution >= 4 is 40.9 Å². The highest BCUT2D eigenvalue weighted by Crippen LogP contribution is 2.54. The lowest BCUT2D eigenvalue weighted by Crippen LogP contribution is -2.50. The summed E-state index contributed by atoms with van der Waals surface area (Å²) in [6, 6.07) is 9.45. The second-order valence-corrected chi connectivity index (χ2v) is 9.41. The van der Waals surface area contributed by atoms with E-state index in [1.54, 1.807) is 11.0 Å². The molecule has 3 unspecified atom stereocenters. The summed E-state index contributed by atoms with van der Waals surface area (Å²) < 4.78 is 9.58. The molecule has 2 fully saturated rings. The first-order valence-electron chi connectivity index (χ1n) is 8.73. The smallest absolute Gasteiger partial charge is 0.410 e. The van der Waals surface area contributed by atoms with E-state index in [9.17, 15) is 9.90 Å². The number of ether oxygens (including phenoxy) is 2. The van der Waals surface area contributed by atoms with Gasteiger partial charge in [0.2, 0.25) is 3.79 Å². The number of carbonyl (C=O) groups excluding carboxylic acids is 1. The van der Waals surface area contributed by atoms with Crippen molar-refractivity contribution in [2.75, 3.05) is 13.1 Å². The van der Waals surface area contributed by atoms with E-state index in [2.05, 4.69) is 6.58 Å². The minimum Gasteiger partial charge on any atom is -0.445 e. The van der Waals surface area contributed by atoms with Crippen molar-refractivity contribution in [3.05, 3.63) is 48.6 Å². The average Bonchev–Trinajstić information content (AvgIpc) is 3.15. The summed E-state index contributed by atoms with van der Waals surface area (Å²) in [4.78, 5) is 14.0. The van der Waals surface area contributed by atoms with E-state index in [0.29, 0.717) is 19.4 Å². The van der Waals surface area contributed by atoms with E-state index < -0.39 is 27.2 Å². The SMILES string of the molecule is C=CCC1OC2(CCN(C(=O)OCc3ccccc3)C2)CC1(O)C(Cl)(Cl)Cl. The molecular weight excluding hydrogens is 413 g/mol. The maximum atomic E-state index is 12.4. The van der Waals surface area contributed by atoms with Gasteiger partial charge >= 0.3 is 6.09 Å². The number of alkyl halides is 3. The van der Waals surface area contributed by atoms with Crippen molar-refractivity contribution in [3.63, 3.8) is 0 Å². The quantitative estimate of drug-likeness (QED) is 0.569. The summed E-state index contributed by atoms with van der Waals surface area (Å²) >= 11 is 18.2. The van der Waals surface area contributed by atoms with Crippen LogP contribution in [0.2, 0.25) is 0 Å². The normalized spacial score (nSPS) is 30.7. The highest BCUT2D eigenvalue weighted by molar-refractivity contribution is 6.68. The minimum atomic E-state index is -1.91. The molecule has 0 radical (unpaired) electrons. The molecule has 2 heterocycles. The molecule has 1 spiro atoms. The van der Waals surface area contributed by atoms with Crippen LogP contribution >= 0.6 is 34.8 Å². The summed E-state index contributed by atoms with van der Waals surface area (Å²) in [7, 11) is 0. The molecule has 1 amide bonds. The van der Waals surface area contributed by atoms with Crippen molar-refractivity contribution in [1.29, 1.82) is 0 Å². The molecule has 1 N–H and O–H groups in total. The summed E-state index contributed by atoms with van der Waals surface area (Å²) in [5.41, 5.74) is -1.51. The summed E-state index contributed by atoms with van der Waals surface area (Å²) in [5, 5.41) is 11.0. The molecule has 2 aliphatic rings. The van der Waals surface area contributed by atoms with Gasteiger partial charge in [0, 0.05) is 13.0 Å². The molecule has 3 atom stereocenters. The van der Waals surface area contributed by atoms with Gasteiger partial charge in [-0.1, -0.05) is 71.2 Å². The van der Waals surface area contributed by atoms with E-state index in [-0.39, 0.29) is 19.6 Å². The van der Waals surface area contributed by atoms with Gasteiger partial charge in [-0.15, -0.1) is 6.58 Å². The van der Waals surface area contributed by atoms with Crippen molar-refractivity contribution in [3.8, 4) is 0 Å². The number of hydrogen-bond donors (Lipinski definition) is 1. The Bertz CT molecular complexity index is 696. The molecule has 2 saturated heterocycles. The minimum absolute atomic E-state index is 0.122. The first-order valence-corrected chi connectivity index (χ1v) is 9.86. The molecule has 0 bridgehead atoms. The van der Waals surface area contributed by atoms with Crippen LogP contribution in [-0.4, -0.2) is 50.3 Å². The summed E-state index contributed by atoms with van der Waals surface area (Å²) in [6.07, 6.45) is 1.48. The van der Waals surface area contributed by atoms with E-state index in [0.717, 1.165) is 5.56 Å². The molecule has 0 aromatic heterocycles. The van der Waals surface area contributed by atoms with Gasteiger partial charge in [-0.05, 0) is 18.4 Å². The molecule has 5 nitrogen and oxygen atoms in total. The number of rotatable bonds is 4. The third-order valence-corrected chi connectivity index (χ3v) is 6.15. The van der Waals surface area contributed by atoms with Crippen LogP contribution in [0.4, 0.5) is 4.79 Å². The summed E-state index contributed by atoms with van der Waals surface area (Å²) in [6.45, 7) is 4.60. The molecule has 148 valence electrons. The van der Waals surface area contributed by atoms with Gasteiger partial charge in [-0.25, -0.2) is 4.79 Å². The maximum absolute atomic E-state index is 12.4. The monoisotopic (exact) mass is 433 g/mol. The fraction of sp³-hybridized carbons (Fsp3) is 0.526. The van der Waals surface area contributed by atoms with E-state index in [1.165, 1.54) is 0 Å². The molecule has 1 aromatic rings. The zero-order chi connectivity index (χ0) is 19.7. The molecular formula is C19H22Cl3NO4. The fourth-order valence-electron chi connectivity index (χ4n) is 3.77. The third-order valence-electron chi connectivity index (χ3n) is 5.17. The lowest BCUT2D eigenvalue weighted by atomic mass is 9.87. The highest BCUT2D eigenvalue weighted by Gasteiger charge is 2.64. The Morgan fingerprint density at radius 3 is 2.74 bits per heavy atom. The van der Waals surface area contributed by atoms with Crippen LogP contribution in [0.3, 0.4) is 0 Å². The van der Waals surface area contributed by atoms with Gasteiger partial charge in [-0.2, -0.15) is 0 Å². The first kappa shape index (κ1) is 20.7. The molecule has 27 heavy (non-hydrogen) atoms. The number of amides is 1.